The molecule has 0 bridgehead atoms. The van der Waals surface area contributed by atoms with Crippen molar-refractivity contribution in [2.24, 2.45) is 5.92 Å². The molecule has 1 aromatic carbocycles. The van der Waals surface area contributed by atoms with Crippen LogP contribution in [0.1, 0.15) is 31.4 Å². The van der Waals surface area contributed by atoms with E-state index in [2.05, 4.69) is 22.5 Å². The number of hydrogen-bond donors (Lipinski definition) is 2. The smallest absolute Gasteiger partial charge is 0.251 e. The maximum Gasteiger partial charge on any atom is 0.251 e. The minimum atomic E-state index is -0.783. The van der Waals surface area contributed by atoms with E-state index in [1.54, 1.807) is 12.1 Å². The van der Waals surface area contributed by atoms with Crippen LogP contribution in [0.15, 0.2) is 24.3 Å². The second-order valence-electron chi connectivity index (χ2n) is 7.11. The molecule has 0 saturated carbocycles. The number of carbonyl (C=O) groups is 2. The summed E-state index contributed by atoms with van der Waals surface area (Å²) < 4.78 is 5.53. The highest BCUT2D eigenvalue weighted by atomic mass is 35.5. The molecule has 3 rings (SSSR count). The van der Waals surface area contributed by atoms with Crippen molar-refractivity contribution in [2.45, 2.75) is 31.9 Å². The third-order valence-corrected chi connectivity index (χ3v) is 5.46. The fraction of sp³-hybridized carbons (Fsp3) is 0.579. The van der Waals surface area contributed by atoms with Crippen molar-refractivity contribution < 1.29 is 14.3 Å². The number of rotatable bonds is 5. The van der Waals surface area contributed by atoms with Crippen molar-refractivity contribution in [2.75, 3.05) is 32.8 Å². The van der Waals surface area contributed by atoms with E-state index < -0.39 is 12.1 Å². The van der Waals surface area contributed by atoms with Crippen molar-refractivity contribution in [3.63, 3.8) is 0 Å². The van der Waals surface area contributed by atoms with Crippen LogP contribution >= 0.6 is 11.6 Å². The Bertz CT molecular complexity index is 647. The van der Waals surface area contributed by atoms with Gasteiger partial charge in [0.05, 0.1) is 6.04 Å². The van der Waals surface area contributed by atoms with Crippen molar-refractivity contribution in [3.05, 3.63) is 34.9 Å². The molecule has 2 aliphatic rings. The average Bonchev–Trinajstić information content (AvgIpc) is 2.63. The summed E-state index contributed by atoms with van der Waals surface area (Å²) in [6, 6.07) is 6.60. The fourth-order valence-corrected chi connectivity index (χ4v) is 3.72. The van der Waals surface area contributed by atoms with Crippen molar-refractivity contribution >= 4 is 23.4 Å². The van der Waals surface area contributed by atoms with Gasteiger partial charge in [-0.25, -0.2) is 0 Å². The number of hydrogen-bond acceptors (Lipinski definition) is 4. The monoisotopic (exact) mass is 379 g/mol. The lowest BCUT2D eigenvalue weighted by molar-refractivity contribution is -0.148. The molecule has 2 amide bonds. The summed E-state index contributed by atoms with van der Waals surface area (Å²) in [7, 11) is 0. The summed E-state index contributed by atoms with van der Waals surface area (Å²) in [5.74, 6) is 0.318. The minimum absolute atomic E-state index is 0.122. The summed E-state index contributed by atoms with van der Waals surface area (Å²) in [6.07, 6.45) is 1.63. The Morgan fingerprint density at radius 3 is 2.81 bits per heavy atom. The van der Waals surface area contributed by atoms with Crippen molar-refractivity contribution in [3.8, 4) is 0 Å². The second kappa shape index (κ2) is 8.84. The molecular weight excluding hydrogens is 354 g/mol. The average molecular weight is 380 g/mol. The first-order valence-electron chi connectivity index (χ1n) is 9.20. The highest BCUT2D eigenvalue weighted by molar-refractivity contribution is 6.31. The second-order valence-corrected chi connectivity index (χ2v) is 7.52. The zero-order chi connectivity index (χ0) is 18.5. The van der Waals surface area contributed by atoms with Gasteiger partial charge in [0.25, 0.3) is 5.91 Å². The number of nitrogens with one attached hydrogen (secondary N) is 2. The molecule has 6 nitrogen and oxygen atoms in total. The fourth-order valence-electron chi connectivity index (χ4n) is 3.47. The predicted octanol–water partition coefficient (Wildman–Crippen LogP) is 1.74. The Morgan fingerprint density at radius 1 is 1.35 bits per heavy atom. The van der Waals surface area contributed by atoms with Crippen LogP contribution in [0.4, 0.5) is 0 Å². The standard InChI is InChI=1S/C19H26ClN3O3/c1-13-6-9-23(10-7-13)11-8-21-19(25)18-17(22-16(24)12-26-18)14-4-2-3-5-15(14)20/h2-5,13,17-18H,6-12H2,1H3,(H,21,25)(H,22,24)/t17-,18+/m1/s1. The molecule has 0 aliphatic carbocycles. The Morgan fingerprint density at radius 2 is 2.08 bits per heavy atom. The van der Waals surface area contributed by atoms with E-state index in [1.165, 1.54) is 12.8 Å². The van der Waals surface area contributed by atoms with Gasteiger partial charge < -0.3 is 20.3 Å². The summed E-state index contributed by atoms with van der Waals surface area (Å²) in [5, 5.41) is 6.28. The van der Waals surface area contributed by atoms with Crippen LogP contribution in [0, 0.1) is 5.92 Å². The molecule has 26 heavy (non-hydrogen) atoms. The first-order valence-corrected chi connectivity index (χ1v) is 9.58. The summed E-state index contributed by atoms with van der Waals surface area (Å²) >= 11 is 6.25. The lowest BCUT2D eigenvalue weighted by atomic mass is 9.99. The van der Waals surface area contributed by atoms with Crippen LogP contribution in [0.2, 0.25) is 5.02 Å². The lowest BCUT2D eigenvalue weighted by Crippen LogP contribution is -2.53. The maximum atomic E-state index is 12.6. The molecule has 0 spiro atoms. The molecule has 1 aromatic rings. The van der Waals surface area contributed by atoms with Gasteiger partial charge in [0.15, 0.2) is 6.10 Å². The Balaban J connectivity index is 1.57. The van der Waals surface area contributed by atoms with Gasteiger partial charge in [-0.05, 0) is 43.5 Å². The van der Waals surface area contributed by atoms with Crippen LogP contribution in [-0.4, -0.2) is 55.6 Å². The predicted molar refractivity (Wildman–Crippen MR) is 99.9 cm³/mol. The molecule has 2 fully saturated rings. The van der Waals surface area contributed by atoms with E-state index in [9.17, 15) is 9.59 Å². The summed E-state index contributed by atoms with van der Waals surface area (Å²) in [4.78, 5) is 26.8. The summed E-state index contributed by atoms with van der Waals surface area (Å²) in [6.45, 7) is 5.71. The van der Waals surface area contributed by atoms with Gasteiger partial charge in [-0.1, -0.05) is 36.7 Å². The largest absolute Gasteiger partial charge is 0.356 e. The van der Waals surface area contributed by atoms with Crippen LogP contribution in [-0.2, 0) is 14.3 Å². The van der Waals surface area contributed by atoms with Gasteiger partial charge >= 0.3 is 0 Å². The Kier molecular flexibility index (Phi) is 6.51. The normalized spacial score (nSPS) is 24.9. The first kappa shape index (κ1) is 19.1. The van der Waals surface area contributed by atoms with Crippen LogP contribution < -0.4 is 10.6 Å². The molecule has 2 aliphatic heterocycles. The molecule has 2 saturated heterocycles. The van der Waals surface area contributed by atoms with Crippen molar-refractivity contribution in [1.82, 2.24) is 15.5 Å². The first-order chi connectivity index (χ1) is 12.5. The third-order valence-electron chi connectivity index (χ3n) is 5.12. The van der Waals surface area contributed by atoms with Gasteiger partial charge in [0, 0.05) is 18.1 Å². The number of morpholine rings is 1. The zero-order valence-electron chi connectivity index (χ0n) is 15.0. The molecule has 7 heteroatoms. The highest BCUT2D eigenvalue weighted by Crippen LogP contribution is 2.28. The number of carbonyl (C=O) groups excluding carboxylic acids is 2. The summed E-state index contributed by atoms with van der Waals surface area (Å²) in [5.41, 5.74) is 0.687. The van der Waals surface area contributed by atoms with Crippen LogP contribution in [0.3, 0.4) is 0 Å². The van der Waals surface area contributed by atoms with Gasteiger partial charge in [-0.3, -0.25) is 9.59 Å². The third kappa shape index (κ3) is 4.75. The van der Waals surface area contributed by atoms with E-state index in [4.69, 9.17) is 16.3 Å². The number of ether oxygens (including phenoxy) is 1. The van der Waals surface area contributed by atoms with E-state index in [-0.39, 0.29) is 18.4 Å². The number of likely N-dealkylation sites (tertiary alicyclic amines) is 1. The molecule has 0 aromatic heterocycles. The van der Waals surface area contributed by atoms with Gasteiger partial charge in [-0.15, -0.1) is 0 Å². The molecular formula is C19H26ClN3O3. The van der Waals surface area contributed by atoms with Crippen LogP contribution in [0.25, 0.3) is 0 Å². The number of nitrogens with zero attached hydrogens (tertiary/aromatic N) is 1. The molecule has 2 atom stereocenters. The van der Waals surface area contributed by atoms with E-state index in [1.807, 2.05) is 12.1 Å². The highest BCUT2D eigenvalue weighted by Gasteiger charge is 2.36. The number of benzene rings is 1. The van der Waals surface area contributed by atoms with Gasteiger partial charge in [-0.2, -0.15) is 0 Å². The molecule has 0 unspecified atom stereocenters. The lowest BCUT2D eigenvalue weighted by Gasteiger charge is -2.33. The number of halogens is 1. The molecule has 142 valence electrons. The van der Waals surface area contributed by atoms with Gasteiger partial charge in [0.2, 0.25) is 5.91 Å². The number of piperidine rings is 1. The molecule has 2 heterocycles. The van der Waals surface area contributed by atoms with Crippen molar-refractivity contribution in [1.29, 1.82) is 0 Å². The van der Waals surface area contributed by atoms with Crippen LogP contribution in [0.5, 0.6) is 0 Å². The van der Waals surface area contributed by atoms with E-state index in [0.29, 0.717) is 17.1 Å². The zero-order valence-corrected chi connectivity index (χ0v) is 15.8. The Labute approximate surface area is 159 Å². The SMILES string of the molecule is CC1CCN(CCNC(=O)[C@H]2OCC(=O)N[C@@H]2c2ccccc2Cl)CC1. The number of amides is 2. The van der Waals surface area contributed by atoms with Gasteiger partial charge in [0.1, 0.15) is 6.61 Å². The molecule has 0 radical (unpaired) electrons. The molecule has 2 N–H and O–H groups in total. The maximum absolute atomic E-state index is 12.6. The topological polar surface area (TPSA) is 70.7 Å². The minimum Gasteiger partial charge on any atom is -0.356 e. The van der Waals surface area contributed by atoms with E-state index in [0.717, 1.165) is 25.6 Å². The quantitative estimate of drug-likeness (QED) is 0.817. The van der Waals surface area contributed by atoms with E-state index >= 15 is 0 Å². The Hall–Kier alpha value is -1.63.